The van der Waals surface area contributed by atoms with Gasteiger partial charge in [0.05, 0.1) is 36.5 Å². The van der Waals surface area contributed by atoms with Crippen LogP contribution >= 0.6 is 11.6 Å². The molecular formula is C24H28ClN3O4. The number of hydrogen-bond donors (Lipinski definition) is 3. The summed E-state index contributed by atoms with van der Waals surface area (Å²) < 4.78 is 10.7. The number of nitrogens with one attached hydrogen (secondary N) is 3. The molecule has 1 saturated heterocycles. The predicted octanol–water partition coefficient (Wildman–Crippen LogP) is 4.09. The molecule has 0 unspecified atom stereocenters. The van der Waals surface area contributed by atoms with E-state index in [1.165, 1.54) is 7.11 Å². The molecule has 2 heterocycles. The smallest absolute Gasteiger partial charge is 0.250 e. The fourth-order valence-corrected chi connectivity index (χ4v) is 5.08. The number of amides is 2. The molecule has 1 spiro atoms. The average molecular weight is 458 g/mol. The maximum absolute atomic E-state index is 13.7. The van der Waals surface area contributed by atoms with Crippen LogP contribution in [0, 0.1) is 18.8 Å². The summed E-state index contributed by atoms with van der Waals surface area (Å²) in [7, 11) is 3.10. The average Bonchev–Trinajstić information content (AvgIpc) is 3.29. The van der Waals surface area contributed by atoms with Crippen LogP contribution in [-0.4, -0.2) is 32.1 Å². The van der Waals surface area contributed by atoms with Crippen molar-refractivity contribution < 1.29 is 19.1 Å². The Morgan fingerprint density at radius 1 is 1.22 bits per heavy atom. The van der Waals surface area contributed by atoms with Crippen LogP contribution in [0.2, 0.25) is 5.02 Å². The number of benzene rings is 2. The number of halogens is 1. The highest BCUT2D eigenvalue weighted by Gasteiger charge is 2.60. The molecule has 32 heavy (non-hydrogen) atoms. The predicted molar refractivity (Wildman–Crippen MR) is 125 cm³/mol. The van der Waals surface area contributed by atoms with Gasteiger partial charge < -0.3 is 20.1 Å². The number of methoxy groups -OCH3 is 2. The lowest BCUT2D eigenvalue weighted by atomic mass is 9.79. The normalized spacial score (nSPS) is 23.9. The molecule has 0 radical (unpaired) electrons. The first-order valence-electron chi connectivity index (χ1n) is 10.6. The van der Waals surface area contributed by atoms with E-state index in [0.29, 0.717) is 39.9 Å². The van der Waals surface area contributed by atoms with Crippen LogP contribution in [-0.2, 0) is 15.1 Å². The van der Waals surface area contributed by atoms with E-state index in [2.05, 4.69) is 29.8 Å². The number of hydrogen-bond acceptors (Lipinski definition) is 5. The molecule has 2 aromatic rings. The van der Waals surface area contributed by atoms with Gasteiger partial charge in [0.1, 0.15) is 17.0 Å². The molecule has 170 valence electrons. The Kier molecular flexibility index (Phi) is 5.81. The first kappa shape index (κ1) is 22.4. The van der Waals surface area contributed by atoms with Crippen molar-refractivity contribution in [2.45, 2.75) is 38.8 Å². The van der Waals surface area contributed by atoms with Gasteiger partial charge in [0.2, 0.25) is 11.8 Å². The highest BCUT2D eigenvalue weighted by Crippen LogP contribution is 2.50. The topological polar surface area (TPSA) is 88.7 Å². The third kappa shape index (κ3) is 3.49. The van der Waals surface area contributed by atoms with E-state index in [-0.39, 0.29) is 23.8 Å². The van der Waals surface area contributed by atoms with Crippen molar-refractivity contribution in [3.05, 3.63) is 46.5 Å². The van der Waals surface area contributed by atoms with Crippen molar-refractivity contribution in [3.63, 3.8) is 0 Å². The molecule has 4 rings (SSSR count). The molecule has 0 saturated carbocycles. The van der Waals surface area contributed by atoms with Crippen LogP contribution in [0.3, 0.4) is 0 Å². The van der Waals surface area contributed by atoms with Crippen molar-refractivity contribution in [1.82, 2.24) is 5.32 Å². The Morgan fingerprint density at radius 3 is 2.62 bits per heavy atom. The number of carbonyl (C=O) groups is 2. The first-order chi connectivity index (χ1) is 15.2. The van der Waals surface area contributed by atoms with Crippen LogP contribution in [0.5, 0.6) is 11.5 Å². The first-order valence-corrected chi connectivity index (χ1v) is 11.0. The van der Waals surface area contributed by atoms with Gasteiger partial charge in [0.15, 0.2) is 0 Å². The Labute approximate surface area is 192 Å². The van der Waals surface area contributed by atoms with Gasteiger partial charge in [-0.25, -0.2) is 0 Å². The summed E-state index contributed by atoms with van der Waals surface area (Å²) in [6.07, 6.45) is 0.508. The van der Waals surface area contributed by atoms with E-state index < -0.39 is 11.5 Å². The number of ether oxygens (including phenoxy) is 2. The molecule has 2 aliphatic heterocycles. The van der Waals surface area contributed by atoms with Crippen molar-refractivity contribution >= 4 is 34.8 Å². The molecule has 2 aliphatic rings. The summed E-state index contributed by atoms with van der Waals surface area (Å²) in [5, 5.41) is 9.86. The van der Waals surface area contributed by atoms with Gasteiger partial charge in [0, 0.05) is 17.7 Å². The van der Waals surface area contributed by atoms with Crippen molar-refractivity contribution in [2.24, 2.45) is 11.8 Å². The Hall–Kier alpha value is -2.77. The Morgan fingerprint density at radius 2 is 1.97 bits per heavy atom. The Balaban J connectivity index is 1.78. The molecule has 7 nitrogen and oxygen atoms in total. The molecule has 0 aromatic heterocycles. The van der Waals surface area contributed by atoms with Crippen LogP contribution in [0.25, 0.3) is 0 Å². The van der Waals surface area contributed by atoms with Gasteiger partial charge in [-0.05, 0) is 43.0 Å². The van der Waals surface area contributed by atoms with E-state index in [9.17, 15) is 9.59 Å². The van der Waals surface area contributed by atoms with Gasteiger partial charge in [-0.15, -0.1) is 0 Å². The van der Waals surface area contributed by atoms with Gasteiger partial charge in [-0.2, -0.15) is 0 Å². The minimum absolute atomic E-state index is 0.0195. The monoisotopic (exact) mass is 457 g/mol. The molecule has 8 heteroatoms. The summed E-state index contributed by atoms with van der Waals surface area (Å²) in [6, 6.07) is 8.91. The summed E-state index contributed by atoms with van der Waals surface area (Å²) in [5.41, 5.74) is 1.49. The van der Waals surface area contributed by atoms with Crippen LogP contribution in [0.15, 0.2) is 30.3 Å². The summed E-state index contributed by atoms with van der Waals surface area (Å²) in [6.45, 7) is 6.08. The highest BCUT2D eigenvalue weighted by molar-refractivity contribution is 6.35. The van der Waals surface area contributed by atoms with E-state index in [1.54, 1.807) is 25.3 Å². The third-order valence-electron chi connectivity index (χ3n) is 6.47. The van der Waals surface area contributed by atoms with Crippen LogP contribution in [0.4, 0.5) is 11.4 Å². The second-order valence-corrected chi connectivity index (χ2v) is 9.18. The molecule has 0 aliphatic carbocycles. The molecule has 3 atom stereocenters. The molecule has 3 N–H and O–H groups in total. The van der Waals surface area contributed by atoms with Crippen LogP contribution < -0.4 is 25.4 Å². The van der Waals surface area contributed by atoms with E-state index >= 15 is 0 Å². The Bertz CT molecular complexity index is 1090. The maximum Gasteiger partial charge on any atom is 0.250 e. The number of anilines is 2. The fourth-order valence-electron chi connectivity index (χ4n) is 4.76. The lowest BCUT2D eigenvalue weighted by molar-refractivity contribution is -0.130. The lowest BCUT2D eigenvalue weighted by Crippen LogP contribution is -2.52. The molecule has 0 bridgehead atoms. The van der Waals surface area contributed by atoms with E-state index in [1.807, 2.05) is 19.1 Å². The summed E-state index contributed by atoms with van der Waals surface area (Å²) >= 11 is 6.46. The zero-order valence-corrected chi connectivity index (χ0v) is 19.6. The summed E-state index contributed by atoms with van der Waals surface area (Å²) in [4.78, 5) is 27.1. The fraction of sp³-hybridized carbons (Fsp3) is 0.417. The highest BCUT2D eigenvalue weighted by atomic mass is 35.5. The zero-order chi connectivity index (χ0) is 23.2. The minimum Gasteiger partial charge on any atom is -0.497 e. The van der Waals surface area contributed by atoms with Crippen molar-refractivity contribution in [2.75, 3.05) is 24.9 Å². The zero-order valence-electron chi connectivity index (χ0n) is 18.8. The van der Waals surface area contributed by atoms with Crippen molar-refractivity contribution in [1.29, 1.82) is 0 Å². The number of rotatable bonds is 5. The third-order valence-corrected chi connectivity index (χ3v) is 6.77. The minimum atomic E-state index is -1.20. The molecule has 2 aromatic carbocycles. The van der Waals surface area contributed by atoms with Gasteiger partial charge in [-0.1, -0.05) is 31.5 Å². The number of fused-ring (bicyclic) bond motifs is 2. The van der Waals surface area contributed by atoms with Gasteiger partial charge in [-0.3, -0.25) is 14.9 Å². The number of aryl methyl sites for hydroxylation is 1. The lowest BCUT2D eigenvalue weighted by Gasteiger charge is -2.30. The van der Waals surface area contributed by atoms with E-state index in [4.69, 9.17) is 21.1 Å². The second-order valence-electron chi connectivity index (χ2n) is 8.77. The van der Waals surface area contributed by atoms with Gasteiger partial charge in [0.25, 0.3) is 0 Å². The molecule has 2 amide bonds. The molecular weight excluding hydrogens is 430 g/mol. The largest absolute Gasteiger partial charge is 0.497 e. The number of carbonyl (C=O) groups excluding carboxylic acids is 2. The summed E-state index contributed by atoms with van der Waals surface area (Å²) in [5.74, 6) is 0.147. The quantitative estimate of drug-likeness (QED) is 0.629. The maximum atomic E-state index is 13.7. The standard InChI is InChI=1S/C24H28ClN3O4/c1-12(2)18-11-16(22(29)26-19-10-14(31-4)6-7-20(19)32-5)24(28-18)15-8-13(3)9-17(25)21(15)27-23(24)30/h6-10,12,16,18,28H,11H2,1-5H3,(H,26,29)(H,27,30)/t16-,18-,24+/m0/s1. The van der Waals surface area contributed by atoms with Gasteiger partial charge >= 0.3 is 0 Å². The second kappa shape index (κ2) is 8.30. The van der Waals surface area contributed by atoms with Crippen molar-refractivity contribution in [3.8, 4) is 11.5 Å². The van der Waals surface area contributed by atoms with Crippen LogP contribution in [0.1, 0.15) is 31.4 Å². The SMILES string of the molecule is COc1ccc(OC)c(NC(=O)[C@@H]2C[C@@H](C(C)C)N[C@@]23C(=O)Nc2c(Cl)cc(C)cc23)c1. The molecule has 1 fully saturated rings. The van der Waals surface area contributed by atoms with E-state index in [0.717, 1.165) is 5.56 Å².